The van der Waals surface area contributed by atoms with Crippen LogP contribution in [0.2, 0.25) is 10.0 Å². The van der Waals surface area contributed by atoms with E-state index in [0.717, 1.165) is 5.56 Å². The number of anilines is 1. The summed E-state index contributed by atoms with van der Waals surface area (Å²) < 4.78 is 24.8. The molecule has 0 radical (unpaired) electrons. The largest absolute Gasteiger partial charge is 0.493 e. The molecule has 3 rings (SSSR count). The summed E-state index contributed by atoms with van der Waals surface area (Å²) >= 11 is 15.5. The predicted octanol–water partition coefficient (Wildman–Crippen LogP) is 7.03. The van der Waals surface area contributed by atoms with Gasteiger partial charge in [0, 0.05) is 4.47 Å². The Kier molecular flexibility index (Phi) is 8.34. The minimum Gasteiger partial charge on any atom is -0.493 e. The van der Waals surface area contributed by atoms with Gasteiger partial charge >= 0.3 is 0 Å². The summed E-state index contributed by atoms with van der Waals surface area (Å²) in [7, 11) is 1.47. The number of methoxy groups -OCH3 is 1. The standard InChI is InChI=1S/C24H16BrCl2FN2O3/c1-32-21-10-15(18(25)11-22(21)33-13-14-5-7-17(28)8-6-14)9-16(12-29)24(31)30-20-4-2-3-19(26)23(20)27/h2-11H,13H2,1H3,(H,30,31)/b16-9-. The summed E-state index contributed by atoms with van der Waals surface area (Å²) in [5, 5.41) is 12.6. The maximum absolute atomic E-state index is 13.1. The van der Waals surface area contributed by atoms with Crippen molar-refractivity contribution in [2.45, 2.75) is 6.61 Å². The van der Waals surface area contributed by atoms with Crippen molar-refractivity contribution in [3.63, 3.8) is 0 Å². The molecule has 5 nitrogen and oxygen atoms in total. The molecule has 3 aromatic carbocycles. The van der Waals surface area contributed by atoms with Gasteiger partial charge in [0.05, 0.1) is 22.8 Å². The molecule has 0 atom stereocenters. The van der Waals surface area contributed by atoms with Gasteiger partial charge in [0.15, 0.2) is 11.5 Å². The topological polar surface area (TPSA) is 71.3 Å². The van der Waals surface area contributed by atoms with E-state index in [1.807, 2.05) is 6.07 Å². The second-order valence-corrected chi connectivity index (χ2v) is 8.30. The first-order chi connectivity index (χ1) is 15.8. The molecule has 0 spiro atoms. The van der Waals surface area contributed by atoms with Gasteiger partial charge in [0.25, 0.3) is 5.91 Å². The number of nitrogens with zero attached hydrogens (tertiary/aromatic N) is 1. The fourth-order valence-corrected chi connectivity index (χ4v) is 3.55. The van der Waals surface area contributed by atoms with Gasteiger partial charge in [-0.1, -0.05) is 57.3 Å². The zero-order valence-electron chi connectivity index (χ0n) is 17.2. The van der Waals surface area contributed by atoms with Gasteiger partial charge in [-0.05, 0) is 53.6 Å². The van der Waals surface area contributed by atoms with Crippen LogP contribution in [0.1, 0.15) is 11.1 Å². The highest BCUT2D eigenvalue weighted by atomic mass is 79.9. The van der Waals surface area contributed by atoms with Crippen molar-refractivity contribution in [1.82, 2.24) is 0 Å². The van der Waals surface area contributed by atoms with Crippen LogP contribution in [0.5, 0.6) is 11.5 Å². The summed E-state index contributed by atoms with van der Waals surface area (Å²) in [4.78, 5) is 12.6. The Hall–Kier alpha value is -3.05. The van der Waals surface area contributed by atoms with E-state index < -0.39 is 5.91 Å². The van der Waals surface area contributed by atoms with Crippen molar-refractivity contribution in [3.8, 4) is 17.6 Å². The summed E-state index contributed by atoms with van der Waals surface area (Å²) in [5.41, 5.74) is 1.43. The Morgan fingerprint density at radius 3 is 2.58 bits per heavy atom. The van der Waals surface area contributed by atoms with E-state index in [1.54, 1.807) is 42.5 Å². The van der Waals surface area contributed by atoms with Crippen molar-refractivity contribution in [3.05, 3.63) is 91.6 Å². The number of hydrogen-bond donors (Lipinski definition) is 1. The lowest BCUT2D eigenvalue weighted by Gasteiger charge is -2.13. The molecule has 9 heteroatoms. The number of halogens is 4. The number of amides is 1. The fourth-order valence-electron chi connectivity index (χ4n) is 2.77. The number of benzene rings is 3. The molecule has 0 aliphatic carbocycles. The Morgan fingerprint density at radius 2 is 1.91 bits per heavy atom. The van der Waals surface area contributed by atoms with Gasteiger partial charge in [-0.15, -0.1) is 0 Å². The normalized spacial score (nSPS) is 11.0. The van der Waals surface area contributed by atoms with E-state index >= 15 is 0 Å². The molecule has 1 amide bonds. The molecular weight excluding hydrogens is 534 g/mol. The van der Waals surface area contributed by atoms with Crippen molar-refractivity contribution in [2.75, 3.05) is 12.4 Å². The van der Waals surface area contributed by atoms with Crippen LogP contribution in [-0.4, -0.2) is 13.0 Å². The maximum atomic E-state index is 13.1. The highest BCUT2D eigenvalue weighted by Gasteiger charge is 2.15. The van der Waals surface area contributed by atoms with Crippen LogP contribution < -0.4 is 14.8 Å². The van der Waals surface area contributed by atoms with Gasteiger partial charge < -0.3 is 14.8 Å². The molecule has 0 fully saturated rings. The molecule has 1 N–H and O–H groups in total. The lowest BCUT2D eigenvalue weighted by molar-refractivity contribution is -0.112. The average Bonchev–Trinajstić information content (AvgIpc) is 2.81. The maximum Gasteiger partial charge on any atom is 0.266 e. The third-order valence-corrected chi connectivity index (χ3v) is 5.96. The summed E-state index contributed by atoms with van der Waals surface area (Å²) in [5.74, 6) is -0.156. The quantitative estimate of drug-likeness (QED) is 0.254. The van der Waals surface area contributed by atoms with E-state index in [2.05, 4.69) is 21.2 Å². The summed E-state index contributed by atoms with van der Waals surface area (Å²) in [6, 6.07) is 15.9. The third kappa shape index (κ3) is 6.26. The molecule has 0 saturated heterocycles. The highest BCUT2D eigenvalue weighted by molar-refractivity contribution is 9.10. The molecule has 0 aromatic heterocycles. The average molecular weight is 550 g/mol. The first-order valence-corrected chi connectivity index (χ1v) is 11.0. The minimum absolute atomic E-state index is 0.159. The zero-order valence-corrected chi connectivity index (χ0v) is 20.3. The summed E-state index contributed by atoms with van der Waals surface area (Å²) in [6.45, 7) is 0.199. The highest BCUT2D eigenvalue weighted by Crippen LogP contribution is 2.35. The molecule has 168 valence electrons. The Bertz CT molecular complexity index is 1260. The SMILES string of the molecule is COc1cc(/C=C(/C#N)C(=O)Nc2cccc(Cl)c2Cl)c(Br)cc1OCc1ccc(F)cc1. The third-order valence-electron chi connectivity index (χ3n) is 4.46. The number of nitriles is 1. The van der Waals surface area contributed by atoms with Gasteiger partial charge in [0.2, 0.25) is 0 Å². The fraction of sp³-hybridized carbons (Fsp3) is 0.0833. The van der Waals surface area contributed by atoms with Crippen molar-refractivity contribution >= 4 is 56.8 Å². The van der Waals surface area contributed by atoms with Crippen molar-refractivity contribution in [2.24, 2.45) is 0 Å². The smallest absolute Gasteiger partial charge is 0.266 e. The lowest BCUT2D eigenvalue weighted by Crippen LogP contribution is -2.13. The van der Waals surface area contributed by atoms with Crippen LogP contribution in [0.3, 0.4) is 0 Å². The van der Waals surface area contributed by atoms with E-state index in [4.69, 9.17) is 32.7 Å². The van der Waals surface area contributed by atoms with Crippen LogP contribution in [0.4, 0.5) is 10.1 Å². The van der Waals surface area contributed by atoms with Gasteiger partial charge in [-0.2, -0.15) is 5.26 Å². The Labute approximate surface area is 208 Å². The van der Waals surface area contributed by atoms with Crippen LogP contribution in [0.15, 0.2) is 64.6 Å². The van der Waals surface area contributed by atoms with Crippen molar-refractivity contribution < 1.29 is 18.7 Å². The Morgan fingerprint density at radius 1 is 1.18 bits per heavy atom. The van der Waals surface area contributed by atoms with E-state index in [0.29, 0.717) is 21.5 Å². The van der Waals surface area contributed by atoms with E-state index in [9.17, 15) is 14.4 Å². The molecule has 3 aromatic rings. The second kappa shape index (κ2) is 11.2. The number of nitrogens with one attached hydrogen (secondary N) is 1. The molecule has 0 saturated carbocycles. The number of carbonyl (C=O) groups excluding carboxylic acids is 1. The molecule has 33 heavy (non-hydrogen) atoms. The molecule has 0 heterocycles. The monoisotopic (exact) mass is 548 g/mol. The Balaban J connectivity index is 1.83. The van der Waals surface area contributed by atoms with Crippen LogP contribution in [0.25, 0.3) is 6.08 Å². The first-order valence-electron chi connectivity index (χ1n) is 9.44. The van der Waals surface area contributed by atoms with Crippen LogP contribution >= 0.6 is 39.1 Å². The molecule has 0 aliphatic rings. The molecular formula is C24H16BrCl2FN2O3. The molecule has 0 aliphatic heterocycles. The molecule has 0 bridgehead atoms. The lowest BCUT2D eigenvalue weighted by atomic mass is 10.1. The number of carbonyl (C=O) groups is 1. The molecule has 0 unspecified atom stereocenters. The van der Waals surface area contributed by atoms with Gasteiger partial charge in [0.1, 0.15) is 24.1 Å². The predicted molar refractivity (Wildman–Crippen MR) is 130 cm³/mol. The number of rotatable bonds is 7. The van der Waals surface area contributed by atoms with E-state index in [-0.39, 0.29) is 33.7 Å². The minimum atomic E-state index is -0.649. The summed E-state index contributed by atoms with van der Waals surface area (Å²) in [6.07, 6.45) is 1.41. The van der Waals surface area contributed by atoms with Crippen LogP contribution in [0, 0.1) is 17.1 Å². The van der Waals surface area contributed by atoms with Crippen LogP contribution in [-0.2, 0) is 11.4 Å². The van der Waals surface area contributed by atoms with Crippen molar-refractivity contribution in [1.29, 1.82) is 5.26 Å². The van der Waals surface area contributed by atoms with Gasteiger partial charge in [-0.25, -0.2) is 4.39 Å². The number of ether oxygens (including phenoxy) is 2. The number of hydrogen-bond acceptors (Lipinski definition) is 4. The van der Waals surface area contributed by atoms with Gasteiger partial charge in [-0.3, -0.25) is 4.79 Å². The zero-order chi connectivity index (χ0) is 24.0. The first kappa shape index (κ1) is 24.6. The second-order valence-electron chi connectivity index (χ2n) is 6.67. The van der Waals surface area contributed by atoms with E-state index in [1.165, 1.54) is 25.3 Å².